The van der Waals surface area contributed by atoms with E-state index in [-0.39, 0.29) is 11.3 Å². The molecule has 0 aromatic heterocycles. The number of fused-ring (bicyclic) bond motifs is 2. The SMILES string of the molecule is NC(=O)N1c2ccccc2C[C@@H](OC(=O)CBr)c2ccccc21. The first-order chi connectivity index (χ1) is 11.1. The standard InChI is InChI=1S/C17H15BrN2O3/c18-10-16(21)23-15-9-11-5-1-3-7-13(11)20(17(19)22)14-8-4-2-6-12(14)15/h1-8,15H,9-10H2,(H2,19,22)/t15-/m1/s1. The summed E-state index contributed by atoms with van der Waals surface area (Å²) in [6, 6.07) is 14.2. The molecule has 0 aliphatic carbocycles. The minimum absolute atomic E-state index is 0.118. The van der Waals surface area contributed by atoms with E-state index in [0.29, 0.717) is 17.8 Å². The third-order valence-electron chi connectivity index (χ3n) is 3.77. The average Bonchev–Trinajstić information content (AvgIpc) is 2.69. The van der Waals surface area contributed by atoms with Crippen molar-refractivity contribution in [3.63, 3.8) is 0 Å². The van der Waals surface area contributed by atoms with Crippen LogP contribution in [0.15, 0.2) is 48.5 Å². The second kappa shape index (κ2) is 6.42. The molecule has 2 aromatic carbocycles. The zero-order valence-corrected chi connectivity index (χ0v) is 13.8. The normalized spacial score (nSPS) is 16.0. The lowest BCUT2D eigenvalue weighted by atomic mass is 10.0. The van der Waals surface area contributed by atoms with E-state index in [1.165, 1.54) is 4.90 Å². The molecule has 0 saturated heterocycles. The highest BCUT2D eigenvalue weighted by molar-refractivity contribution is 9.09. The predicted octanol–water partition coefficient (Wildman–Crippen LogP) is 3.44. The van der Waals surface area contributed by atoms with Crippen LogP contribution in [0, 0.1) is 0 Å². The Bertz CT molecular complexity index is 763. The second-order valence-electron chi connectivity index (χ2n) is 5.18. The summed E-state index contributed by atoms with van der Waals surface area (Å²) < 4.78 is 5.57. The molecule has 6 heteroatoms. The number of hydrogen-bond donors (Lipinski definition) is 1. The van der Waals surface area contributed by atoms with E-state index in [0.717, 1.165) is 11.1 Å². The topological polar surface area (TPSA) is 72.6 Å². The summed E-state index contributed by atoms with van der Waals surface area (Å²) in [5, 5.41) is 0.118. The Hall–Kier alpha value is -2.34. The molecule has 5 nitrogen and oxygen atoms in total. The summed E-state index contributed by atoms with van der Waals surface area (Å²) in [5.74, 6) is -0.352. The van der Waals surface area contributed by atoms with E-state index in [1.54, 1.807) is 6.07 Å². The molecule has 0 saturated carbocycles. The van der Waals surface area contributed by atoms with E-state index in [4.69, 9.17) is 10.5 Å². The number of benzene rings is 2. The maximum Gasteiger partial charge on any atom is 0.323 e. The molecule has 2 N–H and O–H groups in total. The van der Waals surface area contributed by atoms with Crippen LogP contribution < -0.4 is 10.6 Å². The fourth-order valence-corrected chi connectivity index (χ4v) is 2.97. The molecule has 1 heterocycles. The second-order valence-corrected chi connectivity index (χ2v) is 5.74. The Morgan fingerprint density at radius 1 is 1.13 bits per heavy atom. The molecule has 1 aliphatic heterocycles. The van der Waals surface area contributed by atoms with Crippen LogP contribution in [0.3, 0.4) is 0 Å². The lowest BCUT2D eigenvalue weighted by molar-refractivity contribution is -0.145. The van der Waals surface area contributed by atoms with Crippen LogP contribution in [0.4, 0.5) is 16.2 Å². The number of urea groups is 1. The zero-order chi connectivity index (χ0) is 16.4. The lowest BCUT2D eigenvalue weighted by Gasteiger charge is -2.23. The number of alkyl halides is 1. The Kier molecular flexibility index (Phi) is 4.34. The molecule has 3 rings (SSSR count). The third-order valence-corrected chi connectivity index (χ3v) is 4.22. The van der Waals surface area contributed by atoms with Gasteiger partial charge in [0.1, 0.15) is 11.4 Å². The molecular weight excluding hydrogens is 360 g/mol. The highest BCUT2D eigenvalue weighted by Crippen LogP contribution is 2.41. The largest absolute Gasteiger partial charge is 0.456 e. The van der Waals surface area contributed by atoms with Gasteiger partial charge < -0.3 is 10.5 Å². The van der Waals surface area contributed by atoms with Crippen LogP contribution in [0.1, 0.15) is 17.2 Å². The fourth-order valence-electron chi connectivity index (χ4n) is 2.84. The van der Waals surface area contributed by atoms with E-state index < -0.39 is 12.1 Å². The van der Waals surface area contributed by atoms with E-state index in [1.807, 2.05) is 42.5 Å². The number of hydrogen-bond acceptors (Lipinski definition) is 3. The van der Waals surface area contributed by atoms with Gasteiger partial charge in [-0.15, -0.1) is 0 Å². The number of esters is 1. The van der Waals surface area contributed by atoms with Crippen molar-refractivity contribution in [2.45, 2.75) is 12.5 Å². The monoisotopic (exact) mass is 374 g/mol. The number of anilines is 2. The molecule has 0 fully saturated rings. The van der Waals surface area contributed by atoms with Crippen molar-refractivity contribution >= 4 is 39.3 Å². The van der Waals surface area contributed by atoms with Crippen molar-refractivity contribution in [2.75, 3.05) is 10.2 Å². The molecular formula is C17H15BrN2O3. The number of rotatable bonds is 2. The van der Waals surface area contributed by atoms with Gasteiger partial charge in [-0.2, -0.15) is 0 Å². The number of amides is 2. The van der Waals surface area contributed by atoms with Crippen LogP contribution in [0.5, 0.6) is 0 Å². The van der Waals surface area contributed by atoms with Crippen LogP contribution in [-0.2, 0) is 16.0 Å². The predicted molar refractivity (Wildman–Crippen MR) is 90.9 cm³/mol. The molecule has 1 atom stereocenters. The molecule has 0 spiro atoms. The Morgan fingerprint density at radius 2 is 1.78 bits per heavy atom. The van der Waals surface area contributed by atoms with Gasteiger partial charge in [0.25, 0.3) is 0 Å². The van der Waals surface area contributed by atoms with E-state index in [9.17, 15) is 9.59 Å². The van der Waals surface area contributed by atoms with E-state index in [2.05, 4.69) is 15.9 Å². The quantitative estimate of drug-likeness (QED) is 0.646. The van der Waals surface area contributed by atoms with Gasteiger partial charge in [-0.25, -0.2) is 4.79 Å². The highest BCUT2D eigenvalue weighted by atomic mass is 79.9. The average molecular weight is 375 g/mol. The number of primary amides is 1. The number of ether oxygens (including phenoxy) is 1. The first kappa shape index (κ1) is 15.6. The number of carbonyl (C=O) groups excluding carboxylic acids is 2. The summed E-state index contributed by atoms with van der Waals surface area (Å²) in [5.41, 5.74) is 8.62. The third kappa shape index (κ3) is 2.94. The Balaban J connectivity index is 2.18. The number of carbonyl (C=O) groups is 2. The van der Waals surface area contributed by atoms with Crippen LogP contribution >= 0.6 is 15.9 Å². The zero-order valence-electron chi connectivity index (χ0n) is 12.2. The molecule has 0 radical (unpaired) electrons. The van der Waals surface area contributed by atoms with Crippen molar-refractivity contribution in [2.24, 2.45) is 5.73 Å². The highest BCUT2D eigenvalue weighted by Gasteiger charge is 2.30. The van der Waals surface area contributed by atoms with Crippen molar-refractivity contribution < 1.29 is 14.3 Å². The Morgan fingerprint density at radius 3 is 2.48 bits per heavy atom. The van der Waals surface area contributed by atoms with Gasteiger partial charge in [0.05, 0.1) is 11.4 Å². The summed E-state index contributed by atoms with van der Waals surface area (Å²) in [4.78, 5) is 25.3. The minimum Gasteiger partial charge on any atom is -0.456 e. The van der Waals surface area contributed by atoms with Crippen molar-refractivity contribution in [1.82, 2.24) is 0 Å². The van der Waals surface area contributed by atoms with Gasteiger partial charge in [0.15, 0.2) is 0 Å². The molecule has 23 heavy (non-hydrogen) atoms. The molecule has 118 valence electrons. The summed E-state index contributed by atoms with van der Waals surface area (Å²) in [6.07, 6.45) is 0.0112. The van der Waals surface area contributed by atoms with Gasteiger partial charge in [-0.1, -0.05) is 52.3 Å². The lowest BCUT2D eigenvalue weighted by Crippen LogP contribution is -2.32. The van der Waals surface area contributed by atoms with Gasteiger partial charge in [-0.3, -0.25) is 9.69 Å². The van der Waals surface area contributed by atoms with Crippen molar-refractivity contribution in [1.29, 1.82) is 0 Å². The van der Waals surface area contributed by atoms with Crippen molar-refractivity contribution in [3.8, 4) is 0 Å². The van der Waals surface area contributed by atoms with Gasteiger partial charge in [0.2, 0.25) is 0 Å². The van der Waals surface area contributed by atoms with Gasteiger partial charge in [0, 0.05) is 12.0 Å². The van der Waals surface area contributed by atoms with Gasteiger partial charge >= 0.3 is 12.0 Å². The molecule has 2 amide bonds. The maximum absolute atomic E-state index is 12.1. The van der Waals surface area contributed by atoms with E-state index >= 15 is 0 Å². The Labute approximate surface area is 142 Å². The minimum atomic E-state index is -0.572. The first-order valence-corrected chi connectivity index (χ1v) is 8.26. The molecule has 0 bridgehead atoms. The van der Waals surface area contributed by atoms with Crippen LogP contribution in [0.2, 0.25) is 0 Å². The number of halogens is 1. The van der Waals surface area contributed by atoms with Crippen LogP contribution in [-0.4, -0.2) is 17.3 Å². The summed E-state index contributed by atoms with van der Waals surface area (Å²) in [6.45, 7) is 0. The number of nitrogens with zero attached hydrogens (tertiary/aromatic N) is 1. The molecule has 0 unspecified atom stereocenters. The fraction of sp³-hybridized carbons (Fsp3) is 0.176. The number of para-hydroxylation sites is 2. The maximum atomic E-state index is 12.1. The first-order valence-electron chi connectivity index (χ1n) is 7.13. The van der Waals surface area contributed by atoms with Gasteiger partial charge in [-0.05, 0) is 17.7 Å². The molecule has 2 aromatic rings. The molecule has 1 aliphatic rings. The van der Waals surface area contributed by atoms with Crippen LogP contribution in [0.25, 0.3) is 0 Å². The summed E-state index contributed by atoms with van der Waals surface area (Å²) in [7, 11) is 0. The number of nitrogens with two attached hydrogens (primary N) is 1. The van der Waals surface area contributed by atoms with Crippen molar-refractivity contribution in [3.05, 3.63) is 59.7 Å². The smallest absolute Gasteiger partial charge is 0.323 e. The summed E-state index contributed by atoms with van der Waals surface area (Å²) >= 11 is 3.11.